The van der Waals surface area contributed by atoms with Gasteiger partial charge in [-0.2, -0.15) is 4.31 Å². The maximum atomic E-state index is 13.0. The van der Waals surface area contributed by atoms with E-state index < -0.39 is 15.9 Å². The average Bonchev–Trinajstić information content (AvgIpc) is 3.39. The van der Waals surface area contributed by atoms with Gasteiger partial charge >= 0.3 is 0 Å². The van der Waals surface area contributed by atoms with Gasteiger partial charge in [0.2, 0.25) is 21.8 Å². The smallest absolute Gasteiger partial charge is 0.243 e. The summed E-state index contributed by atoms with van der Waals surface area (Å²) < 4.78 is 32.8. The Labute approximate surface area is 185 Å². The van der Waals surface area contributed by atoms with Gasteiger partial charge < -0.3 is 15.0 Å². The predicted molar refractivity (Wildman–Crippen MR) is 118 cm³/mol. The molecule has 1 N–H and O–H groups in total. The van der Waals surface area contributed by atoms with Gasteiger partial charge in [0.1, 0.15) is 5.75 Å². The number of ether oxygens (including phenoxy) is 1. The number of rotatable bonds is 9. The first-order valence-corrected chi connectivity index (χ1v) is 12.6. The van der Waals surface area contributed by atoms with Gasteiger partial charge in [-0.15, -0.1) is 0 Å². The number of nitrogens with zero attached hydrogens (tertiary/aromatic N) is 2. The molecule has 172 valence electrons. The van der Waals surface area contributed by atoms with Crippen LogP contribution in [0.4, 0.5) is 5.69 Å². The summed E-state index contributed by atoms with van der Waals surface area (Å²) in [6.45, 7) is 6.89. The molecule has 1 saturated heterocycles. The highest BCUT2D eigenvalue weighted by molar-refractivity contribution is 7.89. The minimum Gasteiger partial charge on any atom is -0.492 e. The van der Waals surface area contributed by atoms with E-state index in [0.717, 1.165) is 25.7 Å². The summed E-state index contributed by atoms with van der Waals surface area (Å²) in [7, 11) is -3.67. The van der Waals surface area contributed by atoms with Crippen molar-refractivity contribution < 1.29 is 22.7 Å². The molecule has 1 aromatic carbocycles. The van der Waals surface area contributed by atoms with Gasteiger partial charge in [0.05, 0.1) is 23.1 Å². The second kappa shape index (κ2) is 9.99. The number of hydrogen-bond acceptors (Lipinski definition) is 5. The number of carbonyl (C=O) groups excluding carboxylic acids is 2. The molecule has 0 aromatic heterocycles. The van der Waals surface area contributed by atoms with Crippen molar-refractivity contribution in [3.63, 3.8) is 0 Å². The molecule has 3 rings (SSSR count). The van der Waals surface area contributed by atoms with E-state index in [0.29, 0.717) is 37.7 Å². The molecule has 31 heavy (non-hydrogen) atoms. The van der Waals surface area contributed by atoms with E-state index in [1.807, 2.05) is 11.8 Å². The SMILES string of the molecule is CCOc1ccc(S(=O)(=O)N(CC)CC)cc1NC(=O)C1CC(=O)N(C2CCCC2)C1. The second-order valence-corrected chi connectivity index (χ2v) is 9.99. The quantitative estimate of drug-likeness (QED) is 0.623. The summed E-state index contributed by atoms with van der Waals surface area (Å²) in [5, 5.41) is 2.83. The number of carbonyl (C=O) groups is 2. The Balaban J connectivity index is 1.80. The first-order chi connectivity index (χ1) is 14.8. The predicted octanol–water partition coefficient (Wildman–Crippen LogP) is 2.85. The Morgan fingerprint density at radius 2 is 1.87 bits per heavy atom. The van der Waals surface area contributed by atoms with Crippen LogP contribution in [-0.4, -0.2) is 61.7 Å². The van der Waals surface area contributed by atoms with Gasteiger partial charge in [-0.05, 0) is 38.0 Å². The van der Waals surface area contributed by atoms with Crippen molar-refractivity contribution in [3.05, 3.63) is 18.2 Å². The summed E-state index contributed by atoms with van der Waals surface area (Å²) in [5.41, 5.74) is 0.312. The highest BCUT2D eigenvalue weighted by Gasteiger charge is 2.39. The van der Waals surface area contributed by atoms with Gasteiger partial charge in [-0.1, -0.05) is 26.7 Å². The van der Waals surface area contributed by atoms with Crippen LogP contribution in [0.15, 0.2) is 23.1 Å². The van der Waals surface area contributed by atoms with Crippen molar-refractivity contribution in [2.45, 2.75) is 63.8 Å². The summed E-state index contributed by atoms with van der Waals surface area (Å²) in [6, 6.07) is 4.75. The lowest BCUT2D eigenvalue weighted by Gasteiger charge is -2.24. The van der Waals surface area contributed by atoms with Crippen molar-refractivity contribution in [1.29, 1.82) is 0 Å². The molecule has 0 bridgehead atoms. The first kappa shape index (κ1) is 23.5. The largest absolute Gasteiger partial charge is 0.492 e. The fourth-order valence-electron chi connectivity index (χ4n) is 4.47. The Bertz CT molecular complexity index is 908. The zero-order valence-corrected chi connectivity index (χ0v) is 19.4. The molecule has 0 radical (unpaired) electrons. The number of sulfonamides is 1. The molecule has 2 aliphatic rings. The summed E-state index contributed by atoms with van der Waals surface area (Å²) in [4.78, 5) is 27.4. The number of amides is 2. The normalized spacial score (nSPS) is 19.9. The van der Waals surface area contributed by atoms with Crippen LogP contribution in [0.25, 0.3) is 0 Å². The molecule has 2 fully saturated rings. The molecule has 1 atom stereocenters. The number of hydrogen-bond donors (Lipinski definition) is 1. The summed E-state index contributed by atoms with van der Waals surface area (Å²) >= 11 is 0. The van der Waals surface area contributed by atoms with Crippen LogP contribution < -0.4 is 10.1 Å². The molecule has 1 aliphatic heterocycles. The van der Waals surface area contributed by atoms with Gasteiger partial charge in [-0.3, -0.25) is 9.59 Å². The average molecular weight is 452 g/mol. The lowest BCUT2D eigenvalue weighted by atomic mass is 10.1. The Hall–Kier alpha value is -2.13. The topological polar surface area (TPSA) is 96.0 Å². The fourth-order valence-corrected chi connectivity index (χ4v) is 5.96. The van der Waals surface area contributed by atoms with Crippen LogP contribution in [0.3, 0.4) is 0 Å². The molecule has 0 spiro atoms. The van der Waals surface area contributed by atoms with E-state index >= 15 is 0 Å². The van der Waals surface area contributed by atoms with Gasteiger partial charge in [0.15, 0.2) is 0 Å². The van der Waals surface area contributed by atoms with Crippen LogP contribution in [0.1, 0.15) is 52.9 Å². The number of anilines is 1. The lowest BCUT2D eigenvalue weighted by Crippen LogP contribution is -2.35. The van der Waals surface area contributed by atoms with E-state index in [4.69, 9.17) is 4.74 Å². The highest BCUT2D eigenvalue weighted by Crippen LogP contribution is 2.32. The summed E-state index contributed by atoms with van der Waals surface area (Å²) in [6.07, 6.45) is 4.43. The van der Waals surface area contributed by atoms with Crippen LogP contribution in [-0.2, 0) is 19.6 Å². The zero-order valence-electron chi connectivity index (χ0n) is 18.6. The number of benzene rings is 1. The fraction of sp³-hybridized carbons (Fsp3) is 0.636. The van der Waals surface area contributed by atoms with Gasteiger partial charge in [0, 0.05) is 32.1 Å². The third kappa shape index (κ3) is 5.03. The highest BCUT2D eigenvalue weighted by atomic mass is 32.2. The first-order valence-electron chi connectivity index (χ1n) is 11.2. The van der Waals surface area contributed by atoms with Gasteiger partial charge in [0.25, 0.3) is 0 Å². The van der Waals surface area contributed by atoms with Gasteiger partial charge in [-0.25, -0.2) is 8.42 Å². The maximum absolute atomic E-state index is 13.0. The molecule has 9 heteroatoms. The van der Waals surface area contributed by atoms with Crippen LogP contribution in [0.2, 0.25) is 0 Å². The molecule has 1 aromatic rings. The minimum atomic E-state index is -3.67. The van der Waals surface area contributed by atoms with E-state index in [1.165, 1.54) is 16.4 Å². The van der Waals surface area contributed by atoms with E-state index in [1.54, 1.807) is 19.9 Å². The lowest BCUT2D eigenvalue weighted by molar-refractivity contribution is -0.129. The van der Waals surface area contributed by atoms with Crippen LogP contribution in [0, 0.1) is 5.92 Å². The number of likely N-dealkylation sites (tertiary alicyclic amines) is 1. The van der Waals surface area contributed by atoms with Crippen LogP contribution >= 0.6 is 0 Å². The maximum Gasteiger partial charge on any atom is 0.243 e. The molecule has 1 saturated carbocycles. The van der Waals surface area contributed by atoms with Crippen molar-refractivity contribution in [2.75, 3.05) is 31.6 Å². The van der Waals surface area contributed by atoms with Crippen molar-refractivity contribution in [3.8, 4) is 5.75 Å². The molecule has 2 amide bonds. The second-order valence-electron chi connectivity index (χ2n) is 8.05. The van der Waals surface area contributed by atoms with Crippen molar-refractivity contribution in [1.82, 2.24) is 9.21 Å². The molecular weight excluding hydrogens is 418 g/mol. The Morgan fingerprint density at radius 3 is 2.48 bits per heavy atom. The van der Waals surface area contributed by atoms with Crippen LogP contribution in [0.5, 0.6) is 5.75 Å². The molecule has 8 nitrogen and oxygen atoms in total. The summed E-state index contributed by atoms with van der Waals surface area (Å²) in [5.74, 6) is -0.306. The zero-order chi connectivity index (χ0) is 22.6. The van der Waals surface area contributed by atoms with E-state index in [-0.39, 0.29) is 29.2 Å². The molecule has 1 unspecified atom stereocenters. The standard InChI is InChI=1S/C22H33N3O5S/c1-4-24(5-2)31(28,29)18-11-12-20(30-6-3)19(14-18)23-22(27)16-13-21(26)25(15-16)17-9-7-8-10-17/h11-12,14,16-17H,4-10,13,15H2,1-3H3,(H,23,27). The van der Waals surface area contributed by atoms with Crippen molar-refractivity contribution >= 4 is 27.5 Å². The Morgan fingerprint density at radius 1 is 1.19 bits per heavy atom. The molecular formula is C22H33N3O5S. The third-order valence-corrected chi connectivity index (χ3v) is 8.19. The number of nitrogens with one attached hydrogen (secondary N) is 1. The van der Waals surface area contributed by atoms with E-state index in [9.17, 15) is 18.0 Å². The Kier molecular flexibility index (Phi) is 7.59. The third-order valence-electron chi connectivity index (χ3n) is 6.15. The monoisotopic (exact) mass is 451 g/mol. The molecule has 1 aliphatic carbocycles. The molecule has 1 heterocycles. The van der Waals surface area contributed by atoms with E-state index in [2.05, 4.69) is 5.32 Å². The minimum absolute atomic E-state index is 0.0231. The van der Waals surface area contributed by atoms with Crippen molar-refractivity contribution in [2.24, 2.45) is 5.92 Å².